The van der Waals surface area contributed by atoms with Gasteiger partial charge in [0.2, 0.25) is 0 Å². The fourth-order valence-corrected chi connectivity index (χ4v) is 2.00. The zero-order valence-electron chi connectivity index (χ0n) is 11.1. The third-order valence-electron chi connectivity index (χ3n) is 3.07. The van der Waals surface area contributed by atoms with Crippen molar-refractivity contribution >= 4 is 0 Å². The van der Waals surface area contributed by atoms with Crippen LogP contribution in [0.5, 0.6) is 11.5 Å². The molecule has 0 bridgehead atoms. The van der Waals surface area contributed by atoms with Crippen molar-refractivity contribution < 1.29 is 9.47 Å². The van der Waals surface area contributed by atoms with Gasteiger partial charge in [0.25, 0.3) is 0 Å². The Morgan fingerprint density at radius 2 is 1.50 bits per heavy atom. The van der Waals surface area contributed by atoms with Crippen LogP contribution in [0.4, 0.5) is 0 Å². The summed E-state index contributed by atoms with van der Waals surface area (Å²) in [4.78, 5) is 0. The van der Waals surface area contributed by atoms with Crippen molar-refractivity contribution in [2.45, 2.75) is 13.3 Å². The minimum atomic E-state index is 0.831. The van der Waals surface area contributed by atoms with Gasteiger partial charge in [0, 0.05) is 6.07 Å². The number of ether oxygens (including phenoxy) is 2. The lowest BCUT2D eigenvalue weighted by atomic mass is 10.0. The topological polar surface area (TPSA) is 18.5 Å². The summed E-state index contributed by atoms with van der Waals surface area (Å²) in [7, 11) is 3.35. The quantitative estimate of drug-likeness (QED) is 0.815. The molecule has 2 nitrogen and oxygen atoms in total. The first-order valence-electron chi connectivity index (χ1n) is 5.99. The fraction of sp³-hybridized carbons (Fsp3) is 0.250. The van der Waals surface area contributed by atoms with Crippen LogP contribution in [-0.2, 0) is 6.42 Å². The van der Waals surface area contributed by atoms with Gasteiger partial charge in [-0.15, -0.1) is 0 Å². The summed E-state index contributed by atoms with van der Waals surface area (Å²) < 4.78 is 10.6. The summed E-state index contributed by atoms with van der Waals surface area (Å²) in [5.74, 6) is 1.66. The second-order valence-electron chi connectivity index (χ2n) is 4.32. The normalized spacial score (nSPS) is 10.2. The maximum atomic E-state index is 5.29. The molecular weight excluding hydrogens is 224 g/mol. The molecule has 0 saturated carbocycles. The molecule has 0 unspecified atom stereocenters. The summed E-state index contributed by atoms with van der Waals surface area (Å²) in [5, 5.41) is 0. The molecule has 94 valence electrons. The Morgan fingerprint density at radius 1 is 0.889 bits per heavy atom. The zero-order valence-corrected chi connectivity index (χ0v) is 11.1. The van der Waals surface area contributed by atoms with Gasteiger partial charge in [-0.05, 0) is 42.2 Å². The van der Waals surface area contributed by atoms with E-state index in [2.05, 4.69) is 43.3 Å². The maximum Gasteiger partial charge on any atom is 0.122 e. The van der Waals surface area contributed by atoms with Crippen LogP contribution < -0.4 is 9.47 Å². The van der Waals surface area contributed by atoms with E-state index in [0.717, 1.165) is 17.9 Å². The smallest absolute Gasteiger partial charge is 0.122 e. The van der Waals surface area contributed by atoms with Crippen LogP contribution >= 0.6 is 0 Å². The molecule has 2 aromatic carbocycles. The molecule has 0 amide bonds. The summed E-state index contributed by atoms with van der Waals surface area (Å²) >= 11 is 0. The van der Waals surface area contributed by atoms with E-state index in [9.17, 15) is 0 Å². The van der Waals surface area contributed by atoms with Crippen LogP contribution in [0.25, 0.3) is 0 Å². The third-order valence-corrected chi connectivity index (χ3v) is 3.07. The molecule has 0 N–H and O–H groups in total. The molecule has 0 atom stereocenters. The molecule has 0 aliphatic carbocycles. The highest BCUT2D eigenvalue weighted by Crippen LogP contribution is 2.24. The molecule has 2 heteroatoms. The van der Waals surface area contributed by atoms with E-state index in [-0.39, 0.29) is 0 Å². The van der Waals surface area contributed by atoms with Crippen molar-refractivity contribution in [2.75, 3.05) is 14.2 Å². The Morgan fingerprint density at radius 3 is 2.06 bits per heavy atom. The molecule has 2 aromatic rings. The number of hydrogen-bond donors (Lipinski definition) is 0. The van der Waals surface area contributed by atoms with Gasteiger partial charge in [0.1, 0.15) is 11.5 Å². The summed E-state index contributed by atoms with van der Waals surface area (Å²) in [5.41, 5.74) is 3.83. The van der Waals surface area contributed by atoms with Gasteiger partial charge in [0.05, 0.1) is 14.2 Å². The van der Waals surface area contributed by atoms with Crippen LogP contribution in [0.3, 0.4) is 0 Å². The van der Waals surface area contributed by atoms with Crippen LogP contribution in [0.2, 0.25) is 0 Å². The number of rotatable bonds is 4. The zero-order chi connectivity index (χ0) is 13.0. The average molecular weight is 242 g/mol. The van der Waals surface area contributed by atoms with Gasteiger partial charge in [-0.2, -0.15) is 0 Å². The second-order valence-corrected chi connectivity index (χ2v) is 4.32. The molecular formula is C16H18O2. The van der Waals surface area contributed by atoms with E-state index in [4.69, 9.17) is 9.47 Å². The Balaban J connectivity index is 2.31. The lowest BCUT2D eigenvalue weighted by Crippen LogP contribution is -1.94. The minimum absolute atomic E-state index is 0.831. The van der Waals surface area contributed by atoms with Crippen LogP contribution in [0.1, 0.15) is 16.7 Å². The van der Waals surface area contributed by atoms with Gasteiger partial charge in [0.15, 0.2) is 0 Å². The highest BCUT2D eigenvalue weighted by atomic mass is 16.5. The average Bonchev–Trinajstić information content (AvgIpc) is 2.41. The van der Waals surface area contributed by atoms with E-state index < -0.39 is 0 Å². The standard InChI is InChI=1S/C16H18O2/c1-12-6-4-5-7-14(12)8-13-9-15(17-2)11-16(10-13)18-3/h4-7,9-11H,8H2,1-3H3. The second kappa shape index (κ2) is 5.58. The first kappa shape index (κ1) is 12.5. The molecule has 0 fully saturated rings. The van der Waals surface area contributed by atoms with Crippen molar-refractivity contribution in [1.29, 1.82) is 0 Å². The van der Waals surface area contributed by atoms with Crippen molar-refractivity contribution in [3.8, 4) is 11.5 Å². The van der Waals surface area contributed by atoms with Crippen LogP contribution in [0.15, 0.2) is 42.5 Å². The number of methoxy groups -OCH3 is 2. The summed E-state index contributed by atoms with van der Waals surface area (Å²) in [6, 6.07) is 14.4. The molecule has 2 rings (SSSR count). The van der Waals surface area contributed by atoms with E-state index in [1.165, 1.54) is 16.7 Å². The Kier molecular flexibility index (Phi) is 3.88. The van der Waals surface area contributed by atoms with Crippen molar-refractivity contribution in [3.05, 3.63) is 59.2 Å². The lowest BCUT2D eigenvalue weighted by Gasteiger charge is -2.10. The van der Waals surface area contributed by atoms with E-state index in [1.807, 2.05) is 6.07 Å². The van der Waals surface area contributed by atoms with Gasteiger partial charge < -0.3 is 9.47 Å². The Labute approximate surface area is 108 Å². The molecule has 0 aromatic heterocycles. The first-order valence-corrected chi connectivity index (χ1v) is 5.99. The Hall–Kier alpha value is -1.96. The predicted octanol–water partition coefficient (Wildman–Crippen LogP) is 3.60. The molecule has 18 heavy (non-hydrogen) atoms. The number of benzene rings is 2. The van der Waals surface area contributed by atoms with Gasteiger partial charge in [-0.1, -0.05) is 24.3 Å². The summed E-state index contributed by atoms with van der Waals surface area (Å²) in [6.07, 6.45) is 0.889. The minimum Gasteiger partial charge on any atom is -0.497 e. The van der Waals surface area contributed by atoms with Gasteiger partial charge in [-0.3, -0.25) is 0 Å². The third kappa shape index (κ3) is 2.83. The first-order chi connectivity index (χ1) is 8.72. The lowest BCUT2D eigenvalue weighted by molar-refractivity contribution is 0.393. The molecule has 0 spiro atoms. The van der Waals surface area contributed by atoms with E-state index in [0.29, 0.717) is 0 Å². The summed E-state index contributed by atoms with van der Waals surface area (Å²) in [6.45, 7) is 2.13. The molecule has 0 aliphatic heterocycles. The highest BCUT2D eigenvalue weighted by Gasteiger charge is 2.04. The SMILES string of the molecule is COc1cc(Cc2ccccc2C)cc(OC)c1. The largest absolute Gasteiger partial charge is 0.497 e. The highest BCUT2D eigenvalue weighted by molar-refractivity contribution is 5.41. The molecule has 0 saturated heterocycles. The predicted molar refractivity (Wildman–Crippen MR) is 73.5 cm³/mol. The monoisotopic (exact) mass is 242 g/mol. The van der Waals surface area contributed by atoms with Crippen LogP contribution in [0, 0.1) is 6.92 Å². The van der Waals surface area contributed by atoms with Crippen molar-refractivity contribution in [2.24, 2.45) is 0 Å². The van der Waals surface area contributed by atoms with Crippen LogP contribution in [-0.4, -0.2) is 14.2 Å². The Bertz CT molecular complexity index is 510. The molecule has 0 heterocycles. The maximum absolute atomic E-state index is 5.29. The van der Waals surface area contributed by atoms with Gasteiger partial charge in [-0.25, -0.2) is 0 Å². The molecule has 0 aliphatic rings. The fourth-order valence-electron chi connectivity index (χ4n) is 2.00. The van der Waals surface area contributed by atoms with Gasteiger partial charge >= 0.3 is 0 Å². The number of hydrogen-bond acceptors (Lipinski definition) is 2. The van der Waals surface area contributed by atoms with Crippen molar-refractivity contribution in [3.63, 3.8) is 0 Å². The molecule has 0 radical (unpaired) electrons. The number of aryl methyl sites for hydroxylation is 1. The van der Waals surface area contributed by atoms with E-state index in [1.54, 1.807) is 14.2 Å². The van der Waals surface area contributed by atoms with Crippen molar-refractivity contribution in [1.82, 2.24) is 0 Å². The van der Waals surface area contributed by atoms with E-state index >= 15 is 0 Å².